The minimum Gasteiger partial charge on any atom is -0.633 e. The summed E-state index contributed by atoms with van der Waals surface area (Å²) in [7, 11) is 2.93. The zero-order valence-electron chi connectivity index (χ0n) is 17.3. The van der Waals surface area contributed by atoms with Gasteiger partial charge in [0.2, 0.25) is 5.91 Å². The third kappa shape index (κ3) is 2.40. The molecule has 160 valence electrons. The van der Waals surface area contributed by atoms with Crippen molar-refractivity contribution < 1.29 is 28.4 Å². The van der Waals surface area contributed by atoms with Crippen molar-refractivity contribution in [1.82, 2.24) is 0 Å². The summed E-state index contributed by atoms with van der Waals surface area (Å²) in [6.07, 6.45) is 2.25. The van der Waals surface area contributed by atoms with Crippen LogP contribution >= 0.6 is 0 Å². The predicted octanol–water partition coefficient (Wildman–Crippen LogP) is 2.08. The maximum absolute atomic E-state index is 14.0. The Morgan fingerprint density at radius 3 is 2.90 bits per heavy atom. The SMILES string of the molecule is COC(=O)C1=CO[C@@H](C)[C@@H]2C[N@@+]3([O-])CC[C@@]4(C(=O)Nc5cc(OC)ccc54)[C@@H]3C[C@H]12. The van der Waals surface area contributed by atoms with Gasteiger partial charge < -0.3 is 29.4 Å². The smallest absolute Gasteiger partial charge is 0.337 e. The monoisotopic (exact) mass is 414 g/mol. The number of benzene rings is 1. The summed E-state index contributed by atoms with van der Waals surface area (Å²) in [4.78, 5) is 25.7. The highest BCUT2D eigenvalue weighted by Crippen LogP contribution is 2.57. The summed E-state index contributed by atoms with van der Waals surface area (Å²) < 4.78 is 15.5. The number of amides is 1. The van der Waals surface area contributed by atoms with Crippen molar-refractivity contribution in [3.63, 3.8) is 0 Å². The second-order valence-electron chi connectivity index (χ2n) is 8.87. The van der Waals surface area contributed by atoms with Crippen molar-refractivity contribution in [1.29, 1.82) is 0 Å². The lowest BCUT2D eigenvalue weighted by molar-refractivity contribution is -0.905. The second-order valence-corrected chi connectivity index (χ2v) is 8.87. The summed E-state index contributed by atoms with van der Waals surface area (Å²) in [5.41, 5.74) is 1.13. The van der Waals surface area contributed by atoms with Crippen LogP contribution in [0.15, 0.2) is 30.0 Å². The van der Waals surface area contributed by atoms with Gasteiger partial charge in [0.25, 0.3) is 0 Å². The van der Waals surface area contributed by atoms with Crippen molar-refractivity contribution in [3.8, 4) is 5.75 Å². The fourth-order valence-corrected chi connectivity index (χ4v) is 6.20. The van der Waals surface area contributed by atoms with Gasteiger partial charge in [-0.3, -0.25) is 4.79 Å². The van der Waals surface area contributed by atoms with Crippen LogP contribution in [0.4, 0.5) is 5.69 Å². The fraction of sp³-hybridized carbons (Fsp3) is 0.545. The molecule has 30 heavy (non-hydrogen) atoms. The first-order chi connectivity index (χ1) is 14.3. The number of quaternary nitrogens is 1. The van der Waals surface area contributed by atoms with Crippen molar-refractivity contribution in [2.45, 2.75) is 37.3 Å². The Balaban J connectivity index is 1.58. The summed E-state index contributed by atoms with van der Waals surface area (Å²) in [5.74, 6) is -0.168. The molecule has 2 fully saturated rings. The standard InChI is InChI=1S/C22H26N2O6/c1-12-15-10-24(27)7-6-22(17-5-4-13(28-2)8-18(17)23-21(22)26)19(24)9-14(15)16(11-30-12)20(25)29-3/h4-5,8,11-12,14-15,19H,6-7,9-10H2,1-3H3,(H,23,26)/t12-,14-,15-,19-,22-,24-/m0/s1. The lowest BCUT2D eigenvalue weighted by atomic mass is 9.66. The third-order valence-electron chi connectivity index (χ3n) is 7.73. The molecule has 1 N–H and O–H groups in total. The van der Waals surface area contributed by atoms with Gasteiger partial charge in [-0.1, -0.05) is 6.07 Å². The van der Waals surface area contributed by atoms with Crippen LogP contribution in [0.25, 0.3) is 0 Å². The Hall–Kier alpha value is -2.58. The molecule has 1 aromatic rings. The molecule has 4 aliphatic rings. The zero-order valence-corrected chi connectivity index (χ0v) is 17.3. The number of carbonyl (C=O) groups is 2. The van der Waals surface area contributed by atoms with Gasteiger partial charge in [-0.25, -0.2) is 4.79 Å². The predicted molar refractivity (Wildman–Crippen MR) is 107 cm³/mol. The van der Waals surface area contributed by atoms with Crippen LogP contribution in [0.3, 0.4) is 0 Å². The normalized spacial score (nSPS) is 38.7. The topological polar surface area (TPSA) is 96.9 Å². The lowest BCUT2D eigenvalue weighted by Gasteiger charge is -2.56. The molecule has 0 aliphatic carbocycles. The number of esters is 1. The Morgan fingerprint density at radius 2 is 2.17 bits per heavy atom. The largest absolute Gasteiger partial charge is 0.633 e. The maximum Gasteiger partial charge on any atom is 0.337 e. The van der Waals surface area contributed by atoms with Gasteiger partial charge in [0.1, 0.15) is 23.3 Å². The van der Waals surface area contributed by atoms with E-state index in [1.165, 1.54) is 13.4 Å². The number of nitrogens with one attached hydrogen (secondary N) is 1. The van der Waals surface area contributed by atoms with E-state index in [4.69, 9.17) is 14.2 Å². The van der Waals surface area contributed by atoms with Gasteiger partial charge >= 0.3 is 5.97 Å². The van der Waals surface area contributed by atoms with Crippen molar-refractivity contribution in [2.75, 3.05) is 32.6 Å². The average molecular weight is 414 g/mol. The molecule has 8 nitrogen and oxygen atoms in total. The molecule has 0 radical (unpaired) electrons. The van der Waals surface area contributed by atoms with E-state index in [0.29, 0.717) is 42.9 Å². The van der Waals surface area contributed by atoms with Gasteiger partial charge in [-0.15, -0.1) is 0 Å². The van der Waals surface area contributed by atoms with Gasteiger partial charge in [0, 0.05) is 30.5 Å². The van der Waals surface area contributed by atoms with Crippen LogP contribution in [0.1, 0.15) is 25.3 Å². The number of hydrogen-bond donors (Lipinski definition) is 1. The number of carbonyl (C=O) groups excluding carboxylic acids is 2. The molecule has 0 aromatic heterocycles. The summed E-state index contributed by atoms with van der Waals surface area (Å²) in [6.45, 7) is 2.63. The van der Waals surface area contributed by atoms with Crippen LogP contribution in [0.2, 0.25) is 0 Å². The van der Waals surface area contributed by atoms with Crippen molar-refractivity contribution in [3.05, 3.63) is 40.8 Å². The van der Waals surface area contributed by atoms with Crippen LogP contribution < -0.4 is 10.1 Å². The molecule has 6 atom stereocenters. The Morgan fingerprint density at radius 1 is 1.37 bits per heavy atom. The molecule has 1 spiro atoms. The molecule has 0 unspecified atom stereocenters. The Kier molecular flexibility index (Phi) is 4.17. The highest BCUT2D eigenvalue weighted by Gasteiger charge is 2.66. The quantitative estimate of drug-likeness (QED) is 0.452. The molecular formula is C22H26N2O6. The minimum absolute atomic E-state index is 0.0900. The van der Waals surface area contributed by atoms with Crippen molar-refractivity contribution in [2.24, 2.45) is 11.8 Å². The van der Waals surface area contributed by atoms with Crippen molar-refractivity contribution >= 4 is 17.6 Å². The number of rotatable bonds is 2. The number of methoxy groups -OCH3 is 2. The van der Waals surface area contributed by atoms with Gasteiger partial charge in [-0.05, 0) is 18.6 Å². The molecular weight excluding hydrogens is 388 g/mol. The lowest BCUT2D eigenvalue weighted by Crippen LogP contribution is -2.63. The first-order valence-corrected chi connectivity index (χ1v) is 10.4. The molecule has 1 amide bonds. The number of hydrogen-bond acceptors (Lipinski definition) is 6. The Labute approximate surface area is 174 Å². The molecule has 8 heteroatoms. The molecule has 2 saturated heterocycles. The van der Waals surface area contributed by atoms with Gasteiger partial charge in [0.05, 0.1) is 45.1 Å². The van der Waals surface area contributed by atoms with E-state index >= 15 is 0 Å². The van der Waals surface area contributed by atoms with E-state index in [1.54, 1.807) is 7.11 Å². The van der Waals surface area contributed by atoms with Gasteiger partial charge in [-0.2, -0.15) is 0 Å². The summed E-state index contributed by atoms with van der Waals surface area (Å²) >= 11 is 0. The minimum atomic E-state index is -0.892. The number of hydroxylamine groups is 3. The van der Waals surface area contributed by atoms with E-state index in [1.807, 2.05) is 25.1 Å². The van der Waals surface area contributed by atoms with E-state index in [2.05, 4.69) is 5.32 Å². The number of anilines is 1. The first-order valence-electron chi connectivity index (χ1n) is 10.4. The number of ether oxygens (including phenoxy) is 3. The third-order valence-corrected chi connectivity index (χ3v) is 7.73. The van der Waals surface area contributed by atoms with E-state index < -0.39 is 22.1 Å². The van der Waals surface area contributed by atoms with E-state index in [9.17, 15) is 14.8 Å². The average Bonchev–Trinajstić information content (AvgIpc) is 3.20. The van der Waals surface area contributed by atoms with Crippen LogP contribution in [0, 0.1) is 17.0 Å². The molecule has 4 aliphatic heterocycles. The summed E-state index contributed by atoms with van der Waals surface area (Å²) in [6, 6.07) is 5.08. The molecule has 1 aromatic carbocycles. The first kappa shape index (κ1) is 19.4. The zero-order chi connectivity index (χ0) is 21.3. The summed E-state index contributed by atoms with van der Waals surface area (Å²) in [5, 5.41) is 17.0. The number of fused-ring (bicyclic) bond motifs is 5. The van der Waals surface area contributed by atoms with E-state index in [-0.39, 0.29) is 23.8 Å². The molecule has 0 saturated carbocycles. The van der Waals surface area contributed by atoms with Gasteiger partial charge in [0.15, 0.2) is 0 Å². The highest BCUT2D eigenvalue weighted by atomic mass is 16.6. The number of piperidine rings is 1. The van der Waals surface area contributed by atoms with E-state index in [0.717, 1.165) is 5.56 Å². The Bertz CT molecular complexity index is 961. The fourth-order valence-electron chi connectivity index (χ4n) is 6.20. The molecule has 5 rings (SSSR count). The number of nitrogens with zero attached hydrogens (tertiary/aromatic N) is 1. The van der Waals surface area contributed by atoms with Crippen LogP contribution in [0.5, 0.6) is 5.75 Å². The maximum atomic E-state index is 14.0. The van der Waals surface area contributed by atoms with Crippen LogP contribution in [-0.4, -0.2) is 56.0 Å². The molecule has 4 heterocycles. The molecule has 0 bridgehead atoms. The van der Waals surface area contributed by atoms with Crippen LogP contribution in [-0.2, 0) is 24.5 Å². The highest BCUT2D eigenvalue weighted by molar-refractivity contribution is 6.07. The second kappa shape index (κ2) is 6.46.